The highest BCUT2D eigenvalue weighted by molar-refractivity contribution is 7.84. The Kier molecular flexibility index (Phi) is 4.45. The predicted octanol–water partition coefficient (Wildman–Crippen LogP) is 3.24. The fraction of sp³-hybridized carbons (Fsp3) is 0.143. The fourth-order valence-electron chi connectivity index (χ4n) is 1.75. The molecule has 1 atom stereocenters. The first kappa shape index (κ1) is 13.9. The number of methoxy groups -OCH3 is 1. The van der Waals surface area contributed by atoms with E-state index in [9.17, 15) is 4.21 Å². The van der Waals surface area contributed by atoms with E-state index in [1.807, 2.05) is 18.2 Å². The number of rotatable bonds is 4. The van der Waals surface area contributed by atoms with E-state index in [0.717, 1.165) is 5.56 Å². The van der Waals surface area contributed by atoms with Gasteiger partial charge in [0.15, 0.2) is 0 Å². The summed E-state index contributed by atoms with van der Waals surface area (Å²) in [7, 11) is 0.365. The van der Waals surface area contributed by atoms with Gasteiger partial charge in [0.05, 0.1) is 33.6 Å². The highest BCUT2D eigenvalue weighted by atomic mass is 35.5. The molecule has 0 bridgehead atoms. The second-order valence-electron chi connectivity index (χ2n) is 4.03. The SMILES string of the molecule is COc1cc(N)cc(CS(=O)c2ccccc2Cl)c1. The Morgan fingerprint density at radius 3 is 2.68 bits per heavy atom. The number of ether oxygens (including phenoxy) is 1. The summed E-state index contributed by atoms with van der Waals surface area (Å²) in [5, 5.41) is 0.511. The van der Waals surface area contributed by atoms with Crippen molar-refractivity contribution in [2.75, 3.05) is 12.8 Å². The van der Waals surface area contributed by atoms with Crippen LogP contribution in [-0.4, -0.2) is 11.3 Å². The molecular weight excluding hydrogens is 282 g/mol. The number of nitrogens with two attached hydrogens (primary N) is 1. The molecule has 19 heavy (non-hydrogen) atoms. The van der Waals surface area contributed by atoms with Gasteiger partial charge in [-0.3, -0.25) is 4.21 Å². The highest BCUT2D eigenvalue weighted by Gasteiger charge is 2.10. The summed E-state index contributed by atoms with van der Waals surface area (Å²) in [6.07, 6.45) is 0. The highest BCUT2D eigenvalue weighted by Crippen LogP contribution is 2.24. The smallest absolute Gasteiger partial charge is 0.121 e. The second kappa shape index (κ2) is 6.08. The zero-order valence-corrected chi connectivity index (χ0v) is 12.0. The molecular formula is C14H14ClNO2S. The first-order valence-electron chi connectivity index (χ1n) is 5.66. The summed E-state index contributed by atoms with van der Waals surface area (Å²) < 4.78 is 17.4. The maximum absolute atomic E-state index is 12.3. The van der Waals surface area contributed by atoms with Crippen LogP contribution in [0.2, 0.25) is 5.02 Å². The number of hydrogen-bond donors (Lipinski definition) is 1. The van der Waals surface area contributed by atoms with Crippen LogP contribution in [0.25, 0.3) is 0 Å². The molecule has 0 amide bonds. The normalized spacial score (nSPS) is 12.1. The van der Waals surface area contributed by atoms with Crippen LogP contribution in [0, 0.1) is 0 Å². The third-order valence-corrected chi connectivity index (χ3v) is 4.49. The molecule has 0 aliphatic heterocycles. The summed E-state index contributed by atoms with van der Waals surface area (Å²) >= 11 is 6.03. The molecule has 0 saturated carbocycles. The summed E-state index contributed by atoms with van der Waals surface area (Å²) in [6.45, 7) is 0. The minimum Gasteiger partial charge on any atom is -0.497 e. The average molecular weight is 296 g/mol. The maximum Gasteiger partial charge on any atom is 0.121 e. The van der Waals surface area contributed by atoms with Crippen molar-refractivity contribution in [3.05, 3.63) is 53.1 Å². The van der Waals surface area contributed by atoms with Crippen molar-refractivity contribution in [1.29, 1.82) is 0 Å². The lowest BCUT2D eigenvalue weighted by molar-refractivity contribution is 0.414. The van der Waals surface area contributed by atoms with Crippen LogP contribution >= 0.6 is 11.6 Å². The molecule has 5 heteroatoms. The van der Waals surface area contributed by atoms with Gasteiger partial charge >= 0.3 is 0 Å². The summed E-state index contributed by atoms with van der Waals surface area (Å²) in [4.78, 5) is 0.630. The van der Waals surface area contributed by atoms with Crippen LogP contribution in [0.5, 0.6) is 5.75 Å². The quantitative estimate of drug-likeness (QED) is 0.881. The van der Waals surface area contributed by atoms with E-state index in [-0.39, 0.29) is 0 Å². The van der Waals surface area contributed by atoms with E-state index in [4.69, 9.17) is 22.1 Å². The van der Waals surface area contributed by atoms with Gasteiger partial charge in [-0.05, 0) is 29.8 Å². The van der Waals surface area contributed by atoms with Gasteiger partial charge in [0.25, 0.3) is 0 Å². The number of halogens is 1. The standard InChI is InChI=1S/C14H14ClNO2S/c1-18-12-7-10(6-11(16)8-12)9-19(17)14-5-3-2-4-13(14)15/h2-8H,9,16H2,1H3. The van der Waals surface area contributed by atoms with Crippen LogP contribution < -0.4 is 10.5 Å². The van der Waals surface area contributed by atoms with Crippen molar-refractivity contribution in [3.8, 4) is 5.75 Å². The number of benzene rings is 2. The Bertz CT molecular complexity index is 616. The monoisotopic (exact) mass is 295 g/mol. The molecule has 0 aromatic heterocycles. The lowest BCUT2D eigenvalue weighted by Gasteiger charge is -2.08. The maximum atomic E-state index is 12.3. The lowest BCUT2D eigenvalue weighted by atomic mass is 10.2. The van der Waals surface area contributed by atoms with Crippen molar-refractivity contribution in [3.63, 3.8) is 0 Å². The van der Waals surface area contributed by atoms with Crippen LogP contribution in [0.3, 0.4) is 0 Å². The predicted molar refractivity (Wildman–Crippen MR) is 79.0 cm³/mol. The minimum atomic E-state index is -1.21. The van der Waals surface area contributed by atoms with Crippen molar-refractivity contribution in [2.24, 2.45) is 0 Å². The molecule has 2 rings (SSSR count). The molecule has 0 aliphatic rings. The van der Waals surface area contributed by atoms with Crippen molar-refractivity contribution < 1.29 is 8.95 Å². The molecule has 2 aromatic rings. The first-order valence-corrected chi connectivity index (χ1v) is 7.36. The Morgan fingerprint density at radius 1 is 1.26 bits per heavy atom. The van der Waals surface area contributed by atoms with Gasteiger partial charge in [-0.2, -0.15) is 0 Å². The molecule has 2 N–H and O–H groups in total. The second-order valence-corrected chi connectivity index (χ2v) is 5.86. The Hall–Kier alpha value is -1.52. The van der Waals surface area contributed by atoms with Gasteiger partial charge in [0.1, 0.15) is 5.75 Å². The van der Waals surface area contributed by atoms with E-state index >= 15 is 0 Å². The van der Waals surface area contributed by atoms with Gasteiger partial charge in [-0.1, -0.05) is 23.7 Å². The van der Waals surface area contributed by atoms with Gasteiger partial charge in [-0.25, -0.2) is 0 Å². The third kappa shape index (κ3) is 3.49. The first-order chi connectivity index (χ1) is 9.10. The van der Waals surface area contributed by atoms with Crippen molar-refractivity contribution in [2.45, 2.75) is 10.6 Å². The molecule has 2 aromatic carbocycles. The summed E-state index contributed by atoms with van der Waals surface area (Å²) in [6, 6.07) is 12.5. The van der Waals surface area contributed by atoms with E-state index in [1.54, 1.807) is 31.4 Å². The van der Waals surface area contributed by atoms with Crippen LogP contribution in [0.4, 0.5) is 5.69 Å². The lowest BCUT2D eigenvalue weighted by Crippen LogP contribution is -1.99. The fourth-order valence-corrected chi connectivity index (χ4v) is 3.28. The molecule has 0 aliphatic carbocycles. The zero-order valence-electron chi connectivity index (χ0n) is 10.4. The van der Waals surface area contributed by atoms with Gasteiger partial charge in [0.2, 0.25) is 0 Å². The van der Waals surface area contributed by atoms with Crippen molar-refractivity contribution in [1.82, 2.24) is 0 Å². The van der Waals surface area contributed by atoms with Crippen LogP contribution in [-0.2, 0) is 16.6 Å². The average Bonchev–Trinajstić information content (AvgIpc) is 2.38. The molecule has 0 spiro atoms. The largest absolute Gasteiger partial charge is 0.497 e. The minimum absolute atomic E-state index is 0.352. The third-order valence-electron chi connectivity index (χ3n) is 2.60. The molecule has 0 fully saturated rings. The Labute approximate surface area is 119 Å². The zero-order chi connectivity index (χ0) is 13.8. The molecule has 0 radical (unpaired) electrons. The van der Waals surface area contributed by atoms with E-state index in [1.165, 1.54) is 0 Å². The van der Waals surface area contributed by atoms with Crippen molar-refractivity contribution >= 4 is 28.1 Å². The van der Waals surface area contributed by atoms with E-state index in [2.05, 4.69) is 0 Å². The number of nitrogen functional groups attached to an aromatic ring is 1. The Balaban J connectivity index is 2.24. The molecule has 0 heterocycles. The molecule has 100 valence electrons. The molecule has 1 unspecified atom stereocenters. The topological polar surface area (TPSA) is 52.3 Å². The molecule has 3 nitrogen and oxygen atoms in total. The summed E-state index contributed by atoms with van der Waals surface area (Å²) in [5.74, 6) is 1.01. The molecule has 0 saturated heterocycles. The van der Waals surface area contributed by atoms with Gasteiger partial charge < -0.3 is 10.5 Å². The Morgan fingerprint density at radius 2 is 2.00 bits per heavy atom. The van der Waals surface area contributed by atoms with Crippen LogP contribution in [0.15, 0.2) is 47.4 Å². The summed E-state index contributed by atoms with van der Waals surface area (Å²) in [5.41, 5.74) is 7.22. The number of anilines is 1. The van der Waals surface area contributed by atoms with E-state index < -0.39 is 10.8 Å². The van der Waals surface area contributed by atoms with E-state index in [0.29, 0.717) is 27.1 Å². The van der Waals surface area contributed by atoms with Gasteiger partial charge in [0, 0.05) is 11.8 Å². The number of hydrogen-bond acceptors (Lipinski definition) is 3. The van der Waals surface area contributed by atoms with Gasteiger partial charge in [-0.15, -0.1) is 0 Å². The van der Waals surface area contributed by atoms with Crippen LogP contribution in [0.1, 0.15) is 5.56 Å².